The lowest BCUT2D eigenvalue weighted by atomic mass is 10.0. The average Bonchev–Trinajstić information content (AvgIpc) is 2.67. The summed E-state index contributed by atoms with van der Waals surface area (Å²) >= 11 is 0. The maximum Gasteiger partial charge on any atom is -0.00180 e. The molecule has 58 valence electrons. The van der Waals surface area contributed by atoms with Gasteiger partial charge in [-0.15, -0.1) is 0 Å². The van der Waals surface area contributed by atoms with E-state index in [9.17, 15) is 0 Å². The lowest BCUT2D eigenvalue weighted by Gasteiger charge is -2.07. The lowest BCUT2D eigenvalue weighted by molar-refractivity contribution is 0.429. The molecule has 0 aromatic heterocycles. The van der Waals surface area contributed by atoms with Gasteiger partial charge in [0.15, 0.2) is 0 Å². The van der Waals surface area contributed by atoms with Gasteiger partial charge in [-0.2, -0.15) is 0 Å². The molecule has 2 atom stereocenters. The first-order valence-electron chi connectivity index (χ1n) is 4.42. The Labute approximate surface area is 63.2 Å². The van der Waals surface area contributed by atoms with Crippen LogP contribution in [-0.4, -0.2) is 13.6 Å². The first-order valence-corrected chi connectivity index (χ1v) is 4.42. The van der Waals surface area contributed by atoms with E-state index in [1.54, 1.807) is 0 Å². The molecule has 0 saturated heterocycles. The van der Waals surface area contributed by atoms with Crippen molar-refractivity contribution in [1.29, 1.82) is 0 Å². The van der Waals surface area contributed by atoms with Gasteiger partial charge >= 0.3 is 0 Å². The molecule has 0 bridgehead atoms. The fourth-order valence-corrected chi connectivity index (χ4v) is 2.27. The van der Waals surface area contributed by atoms with Crippen LogP contribution in [0.3, 0.4) is 0 Å². The molecule has 0 radical (unpaired) electrons. The van der Waals surface area contributed by atoms with Crippen molar-refractivity contribution < 1.29 is 0 Å². The molecule has 1 N–H and O–H groups in total. The van der Waals surface area contributed by atoms with E-state index in [0.29, 0.717) is 0 Å². The van der Waals surface area contributed by atoms with Crippen molar-refractivity contribution in [3.05, 3.63) is 0 Å². The van der Waals surface area contributed by atoms with E-state index in [1.807, 2.05) is 0 Å². The van der Waals surface area contributed by atoms with E-state index in [0.717, 1.165) is 17.3 Å². The predicted molar refractivity (Wildman–Crippen MR) is 42.9 cm³/mol. The van der Waals surface area contributed by atoms with Crippen LogP contribution in [0.25, 0.3) is 0 Å². The van der Waals surface area contributed by atoms with E-state index < -0.39 is 0 Å². The van der Waals surface area contributed by atoms with Crippen molar-refractivity contribution in [2.75, 3.05) is 13.6 Å². The molecule has 0 unspecified atom stereocenters. The summed E-state index contributed by atoms with van der Waals surface area (Å²) in [6, 6.07) is 0. The Bertz CT molecular complexity index is 140. The van der Waals surface area contributed by atoms with Crippen LogP contribution in [0.2, 0.25) is 0 Å². The topological polar surface area (TPSA) is 12.0 Å². The summed E-state index contributed by atoms with van der Waals surface area (Å²) < 4.78 is 0. The van der Waals surface area contributed by atoms with Crippen LogP contribution < -0.4 is 5.32 Å². The van der Waals surface area contributed by atoms with Crippen molar-refractivity contribution >= 4 is 0 Å². The van der Waals surface area contributed by atoms with Crippen molar-refractivity contribution in [2.24, 2.45) is 17.3 Å². The molecule has 0 aliphatic heterocycles. The van der Waals surface area contributed by atoms with Gasteiger partial charge in [0.25, 0.3) is 0 Å². The third-order valence-electron chi connectivity index (χ3n) is 3.42. The summed E-state index contributed by atoms with van der Waals surface area (Å²) in [5.41, 5.74) is 0.767. The first kappa shape index (κ1) is 6.66. The molecule has 2 aliphatic rings. The van der Waals surface area contributed by atoms with Crippen molar-refractivity contribution in [3.8, 4) is 0 Å². The zero-order valence-corrected chi connectivity index (χ0v) is 6.98. The van der Waals surface area contributed by atoms with Crippen molar-refractivity contribution in [2.45, 2.75) is 26.2 Å². The zero-order valence-electron chi connectivity index (χ0n) is 6.98. The number of rotatable bonds is 3. The average molecular weight is 139 g/mol. The lowest BCUT2D eigenvalue weighted by Crippen LogP contribution is -2.14. The van der Waals surface area contributed by atoms with E-state index >= 15 is 0 Å². The Morgan fingerprint density at radius 2 is 2.20 bits per heavy atom. The third-order valence-corrected chi connectivity index (χ3v) is 3.42. The van der Waals surface area contributed by atoms with Gasteiger partial charge in [0.2, 0.25) is 0 Å². The molecule has 0 heterocycles. The minimum Gasteiger partial charge on any atom is -0.319 e. The highest BCUT2D eigenvalue weighted by Crippen LogP contribution is 2.64. The van der Waals surface area contributed by atoms with Crippen LogP contribution in [0.4, 0.5) is 0 Å². The fourth-order valence-electron chi connectivity index (χ4n) is 2.27. The normalized spacial score (nSPS) is 45.6. The van der Waals surface area contributed by atoms with Crippen LogP contribution >= 0.6 is 0 Å². The SMILES string of the molecule is CNC[C@@H]1C[C@@]1(C)C1CC1. The molecule has 0 spiro atoms. The third kappa shape index (κ3) is 0.878. The highest BCUT2D eigenvalue weighted by Gasteiger charge is 2.57. The number of hydrogen-bond acceptors (Lipinski definition) is 1. The summed E-state index contributed by atoms with van der Waals surface area (Å²) in [6.07, 6.45) is 4.51. The Hall–Kier alpha value is -0.0400. The minimum absolute atomic E-state index is 0.767. The Morgan fingerprint density at radius 3 is 2.70 bits per heavy atom. The highest BCUT2D eigenvalue weighted by atomic mass is 14.8. The van der Waals surface area contributed by atoms with Crippen LogP contribution in [-0.2, 0) is 0 Å². The Balaban J connectivity index is 1.85. The summed E-state index contributed by atoms with van der Waals surface area (Å²) in [4.78, 5) is 0. The molecule has 2 fully saturated rings. The number of nitrogens with one attached hydrogen (secondary N) is 1. The summed E-state index contributed by atoms with van der Waals surface area (Å²) in [7, 11) is 2.06. The van der Waals surface area contributed by atoms with Crippen LogP contribution in [0.15, 0.2) is 0 Å². The first-order chi connectivity index (χ1) is 4.77. The molecule has 0 amide bonds. The fraction of sp³-hybridized carbons (Fsp3) is 1.00. The van der Waals surface area contributed by atoms with E-state index in [1.165, 1.54) is 25.8 Å². The van der Waals surface area contributed by atoms with Gasteiger partial charge in [-0.05, 0) is 50.1 Å². The monoisotopic (exact) mass is 139 g/mol. The van der Waals surface area contributed by atoms with Crippen LogP contribution in [0, 0.1) is 17.3 Å². The molecule has 0 aromatic carbocycles. The van der Waals surface area contributed by atoms with Crippen molar-refractivity contribution in [1.82, 2.24) is 5.32 Å². The summed E-state index contributed by atoms with van der Waals surface area (Å²) in [5.74, 6) is 2.11. The molecule has 0 aromatic rings. The highest BCUT2D eigenvalue weighted by molar-refractivity contribution is 5.07. The second-order valence-electron chi connectivity index (χ2n) is 4.24. The predicted octanol–water partition coefficient (Wildman–Crippen LogP) is 1.64. The molecule has 2 aliphatic carbocycles. The maximum atomic E-state index is 3.27. The van der Waals surface area contributed by atoms with Gasteiger partial charge in [-0.25, -0.2) is 0 Å². The molecule has 1 heteroatoms. The molecular formula is C9H17N. The second kappa shape index (κ2) is 1.97. The Morgan fingerprint density at radius 1 is 1.50 bits per heavy atom. The molecule has 2 saturated carbocycles. The van der Waals surface area contributed by atoms with Crippen molar-refractivity contribution in [3.63, 3.8) is 0 Å². The second-order valence-corrected chi connectivity index (χ2v) is 4.24. The largest absolute Gasteiger partial charge is 0.319 e. The van der Waals surface area contributed by atoms with Gasteiger partial charge in [0.05, 0.1) is 0 Å². The van der Waals surface area contributed by atoms with E-state index in [-0.39, 0.29) is 0 Å². The van der Waals surface area contributed by atoms with Gasteiger partial charge in [0, 0.05) is 0 Å². The quantitative estimate of drug-likeness (QED) is 0.627. The molecule has 1 nitrogen and oxygen atoms in total. The molecular weight excluding hydrogens is 122 g/mol. The van der Waals surface area contributed by atoms with Gasteiger partial charge in [0.1, 0.15) is 0 Å². The summed E-state index contributed by atoms with van der Waals surface area (Å²) in [5, 5.41) is 3.27. The van der Waals surface area contributed by atoms with Gasteiger partial charge < -0.3 is 5.32 Å². The van der Waals surface area contributed by atoms with Crippen LogP contribution in [0.5, 0.6) is 0 Å². The molecule has 2 rings (SSSR count). The number of hydrogen-bond donors (Lipinski definition) is 1. The van der Waals surface area contributed by atoms with E-state index in [4.69, 9.17) is 0 Å². The zero-order chi connectivity index (χ0) is 7.19. The molecule has 10 heavy (non-hydrogen) atoms. The van der Waals surface area contributed by atoms with E-state index in [2.05, 4.69) is 19.3 Å². The standard InChI is InChI=1S/C9H17N/c1-9(7-3-4-7)5-8(9)6-10-2/h7-8,10H,3-6H2,1-2H3/t8-,9-/m0/s1. The van der Waals surface area contributed by atoms with Crippen LogP contribution in [0.1, 0.15) is 26.2 Å². The maximum absolute atomic E-state index is 3.27. The summed E-state index contributed by atoms with van der Waals surface area (Å²) in [6.45, 7) is 3.71. The van der Waals surface area contributed by atoms with Gasteiger partial charge in [-0.1, -0.05) is 6.92 Å². The van der Waals surface area contributed by atoms with Gasteiger partial charge in [-0.3, -0.25) is 0 Å². The minimum atomic E-state index is 0.767. The Kier molecular flexibility index (Phi) is 1.31. The smallest absolute Gasteiger partial charge is 0.00180 e.